The third kappa shape index (κ3) is 2.01. The highest BCUT2D eigenvalue weighted by Crippen LogP contribution is 2.34. The van der Waals surface area contributed by atoms with Gasteiger partial charge in [0.2, 0.25) is 0 Å². The average molecular weight is 240 g/mol. The Bertz CT molecular complexity index is 548. The molecule has 1 aliphatic rings. The Morgan fingerprint density at radius 2 is 2.11 bits per heavy atom. The maximum absolute atomic E-state index is 4.59. The fourth-order valence-electron chi connectivity index (χ4n) is 3.04. The predicted octanol–water partition coefficient (Wildman–Crippen LogP) is 3.78. The van der Waals surface area contributed by atoms with E-state index >= 15 is 0 Å². The highest BCUT2D eigenvalue weighted by Gasteiger charge is 2.27. The molecule has 3 rings (SSSR count). The van der Waals surface area contributed by atoms with E-state index in [4.69, 9.17) is 0 Å². The Morgan fingerprint density at radius 1 is 1.28 bits per heavy atom. The topological polar surface area (TPSA) is 16.1 Å². The number of hydrogen-bond acceptors (Lipinski definition) is 2. The third-order valence-corrected chi connectivity index (χ3v) is 3.95. The van der Waals surface area contributed by atoms with Crippen molar-refractivity contribution in [2.75, 3.05) is 6.54 Å². The number of para-hydroxylation sites is 1. The van der Waals surface area contributed by atoms with E-state index in [2.05, 4.69) is 54.2 Å². The van der Waals surface area contributed by atoms with Crippen LogP contribution in [0.4, 0.5) is 0 Å². The van der Waals surface area contributed by atoms with Gasteiger partial charge in [-0.1, -0.05) is 18.2 Å². The van der Waals surface area contributed by atoms with E-state index < -0.39 is 0 Å². The zero-order chi connectivity index (χ0) is 12.5. The Hall–Kier alpha value is -1.41. The molecule has 1 aromatic heterocycles. The van der Waals surface area contributed by atoms with Crippen molar-refractivity contribution in [3.63, 3.8) is 0 Å². The molecular weight excluding hydrogens is 220 g/mol. The number of hydrogen-bond donors (Lipinski definition) is 0. The van der Waals surface area contributed by atoms with Crippen LogP contribution in [0.3, 0.4) is 0 Å². The van der Waals surface area contributed by atoms with Crippen LogP contribution in [0.1, 0.15) is 38.3 Å². The molecule has 0 radical (unpaired) electrons. The van der Waals surface area contributed by atoms with Crippen molar-refractivity contribution in [1.29, 1.82) is 0 Å². The molecule has 2 heterocycles. The lowest BCUT2D eigenvalue weighted by Crippen LogP contribution is -2.30. The predicted molar refractivity (Wildman–Crippen MR) is 75.6 cm³/mol. The van der Waals surface area contributed by atoms with Gasteiger partial charge in [-0.25, -0.2) is 0 Å². The van der Waals surface area contributed by atoms with Gasteiger partial charge in [-0.3, -0.25) is 9.88 Å². The molecule has 0 amide bonds. The van der Waals surface area contributed by atoms with Crippen molar-refractivity contribution < 1.29 is 0 Å². The second-order valence-electron chi connectivity index (χ2n) is 5.45. The van der Waals surface area contributed by atoms with Crippen LogP contribution in [0.5, 0.6) is 0 Å². The monoisotopic (exact) mass is 240 g/mol. The van der Waals surface area contributed by atoms with Crippen LogP contribution in [0.15, 0.2) is 36.5 Å². The van der Waals surface area contributed by atoms with Gasteiger partial charge in [0.05, 0.1) is 5.52 Å². The summed E-state index contributed by atoms with van der Waals surface area (Å²) in [6.45, 7) is 5.79. The van der Waals surface area contributed by atoms with Gasteiger partial charge < -0.3 is 0 Å². The van der Waals surface area contributed by atoms with Crippen molar-refractivity contribution in [3.8, 4) is 0 Å². The van der Waals surface area contributed by atoms with E-state index in [0.717, 1.165) is 5.52 Å². The molecule has 0 spiro atoms. The molecule has 0 unspecified atom stereocenters. The zero-order valence-corrected chi connectivity index (χ0v) is 11.1. The largest absolute Gasteiger partial charge is 0.294 e. The van der Waals surface area contributed by atoms with Crippen LogP contribution in [0, 0.1) is 0 Å². The van der Waals surface area contributed by atoms with Crippen LogP contribution in [-0.2, 0) is 0 Å². The maximum Gasteiger partial charge on any atom is 0.0702 e. The molecule has 2 nitrogen and oxygen atoms in total. The summed E-state index contributed by atoms with van der Waals surface area (Å²) in [5.41, 5.74) is 2.47. The fraction of sp³-hybridized carbons (Fsp3) is 0.438. The van der Waals surface area contributed by atoms with Gasteiger partial charge in [0, 0.05) is 23.7 Å². The highest BCUT2D eigenvalue weighted by molar-refractivity contribution is 5.78. The van der Waals surface area contributed by atoms with Gasteiger partial charge in [0.1, 0.15) is 0 Å². The smallest absolute Gasteiger partial charge is 0.0702 e. The Balaban J connectivity index is 1.98. The van der Waals surface area contributed by atoms with Crippen LogP contribution >= 0.6 is 0 Å². The molecule has 0 bridgehead atoms. The number of benzene rings is 1. The van der Waals surface area contributed by atoms with Crippen LogP contribution in [0.25, 0.3) is 10.9 Å². The number of nitrogens with zero attached hydrogens (tertiary/aromatic N) is 2. The Labute approximate surface area is 109 Å². The minimum absolute atomic E-state index is 0.558. The first kappa shape index (κ1) is 11.7. The van der Waals surface area contributed by atoms with E-state index in [-0.39, 0.29) is 0 Å². The van der Waals surface area contributed by atoms with Gasteiger partial charge in [-0.05, 0) is 50.9 Å². The van der Waals surface area contributed by atoms with Gasteiger partial charge in [0.15, 0.2) is 0 Å². The van der Waals surface area contributed by atoms with Crippen molar-refractivity contribution in [1.82, 2.24) is 9.88 Å². The third-order valence-electron chi connectivity index (χ3n) is 3.95. The van der Waals surface area contributed by atoms with Crippen LogP contribution in [0.2, 0.25) is 0 Å². The lowest BCUT2D eigenvalue weighted by atomic mass is 10.0. The maximum atomic E-state index is 4.59. The van der Waals surface area contributed by atoms with E-state index in [9.17, 15) is 0 Å². The molecule has 0 N–H and O–H groups in total. The molecular formula is C16H20N2. The molecule has 18 heavy (non-hydrogen) atoms. The first-order chi connectivity index (χ1) is 8.75. The summed E-state index contributed by atoms with van der Waals surface area (Å²) in [6, 6.07) is 11.8. The van der Waals surface area contributed by atoms with Gasteiger partial charge in [-0.2, -0.15) is 0 Å². The molecule has 1 saturated heterocycles. The van der Waals surface area contributed by atoms with Gasteiger partial charge >= 0.3 is 0 Å². The average Bonchev–Trinajstić information content (AvgIpc) is 2.87. The highest BCUT2D eigenvalue weighted by atomic mass is 15.2. The van der Waals surface area contributed by atoms with E-state index in [1.54, 1.807) is 0 Å². The molecule has 2 heteroatoms. The van der Waals surface area contributed by atoms with Crippen molar-refractivity contribution in [2.24, 2.45) is 0 Å². The molecule has 0 saturated carbocycles. The summed E-state index contributed by atoms with van der Waals surface area (Å²) in [5, 5.41) is 1.26. The lowest BCUT2D eigenvalue weighted by Gasteiger charge is -2.28. The lowest BCUT2D eigenvalue weighted by molar-refractivity contribution is 0.205. The standard InChI is InChI=1S/C16H20N2/c1-12(2)18-9-5-8-16(18)14-10-13-6-3-4-7-15(13)17-11-14/h3-4,6-7,10-12,16H,5,8-9H2,1-2H3/t16-/m0/s1. The molecule has 2 aromatic rings. The summed E-state index contributed by atoms with van der Waals surface area (Å²) < 4.78 is 0. The first-order valence-electron chi connectivity index (χ1n) is 6.86. The summed E-state index contributed by atoms with van der Waals surface area (Å²) in [6.07, 6.45) is 4.63. The van der Waals surface area contributed by atoms with E-state index in [1.165, 1.54) is 30.3 Å². The molecule has 1 fully saturated rings. The molecule has 1 aliphatic heterocycles. The number of aromatic nitrogens is 1. The minimum atomic E-state index is 0.558. The minimum Gasteiger partial charge on any atom is -0.294 e. The van der Waals surface area contributed by atoms with E-state index in [0.29, 0.717) is 12.1 Å². The fourth-order valence-corrected chi connectivity index (χ4v) is 3.04. The normalized spacial score (nSPS) is 20.9. The summed E-state index contributed by atoms with van der Waals surface area (Å²) in [5.74, 6) is 0. The van der Waals surface area contributed by atoms with Crippen molar-refractivity contribution in [3.05, 3.63) is 42.1 Å². The molecule has 94 valence electrons. The van der Waals surface area contributed by atoms with E-state index in [1.807, 2.05) is 6.07 Å². The summed E-state index contributed by atoms with van der Waals surface area (Å²) in [7, 11) is 0. The number of fused-ring (bicyclic) bond motifs is 1. The Morgan fingerprint density at radius 3 is 2.94 bits per heavy atom. The van der Waals surface area contributed by atoms with Crippen LogP contribution in [-0.4, -0.2) is 22.5 Å². The molecule has 1 atom stereocenters. The quantitative estimate of drug-likeness (QED) is 0.794. The number of pyridine rings is 1. The van der Waals surface area contributed by atoms with Gasteiger partial charge in [-0.15, -0.1) is 0 Å². The second-order valence-corrected chi connectivity index (χ2v) is 5.45. The Kier molecular flexibility index (Phi) is 3.04. The molecule has 0 aliphatic carbocycles. The van der Waals surface area contributed by atoms with Crippen molar-refractivity contribution in [2.45, 2.75) is 38.8 Å². The molecule has 1 aromatic carbocycles. The van der Waals surface area contributed by atoms with Crippen LogP contribution < -0.4 is 0 Å². The van der Waals surface area contributed by atoms with Gasteiger partial charge in [0.25, 0.3) is 0 Å². The second kappa shape index (κ2) is 4.69. The number of likely N-dealkylation sites (tertiary alicyclic amines) is 1. The summed E-state index contributed by atoms with van der Waals surface area (Å²) in [4.78, 5) is 7.18. The first-order valence-corrected chi connectivity index (χ1v) is 6.86. The SMILES string of the molecule is CC(C)N1CCC[C@H]1c1cnc2ccccc2c1. The number of rotatable bonds is 2. The zero-order valence-electron chi connectivity index (χ0n) is 11.1. The summed E-state index contributed by atoms with van der Waals surface area (Å²) >= 11 is 0. The van der Waals surface area contributed by atoms with Crippen molar-refractivity contribution >= 4 is 10.9 Å².